The van der Waals surface area contributed by atoms with Crippen LogP contribution in [0.15, 0.2) is 22.7 Å². The van der Waals surface area contributed by atoms with Crippen molar-refractivity contribution >= 4 is 33.7 Å². The number of ether oxygens (including phenoxy) is 1. The maximum atomic E-state index is 11.5. The highest BCUT2D eigenvalue weighted by atomic mass is 79.9. The van der Waals surface area contributed by atoms with Crippen LogP contribution in [0.2, 0.25) is 0 Å². The van der Waals surface area contributed by atoms with Crippen LogP contribution in [0.3, 0.4) is 0 Å². The van der Waals surface area contributed by atoms with Crippen molar-refractivity contribution in [2.24, 2.45) is 5.73 Å². The fourth-order valence-corrected chi connectivity index (χ4v) is 1.69. The summed E-state index contributed by atoms with van der Waals surface area (Å²) in [6.45, 7) is 2.84. The van der Waals surface area contributed by atoms with Crippen LogP contribution in [0, 0.1) is 0 Å². The molecule has 3 amide bonds. The van der Waals surface area contributed by atoms with E-state index in [0.29, 0.717) is 10.0 Å². The molecule has 0 saturated heterocycles. The van der Waals surface area contributed by atoms with E-state index in [0.717, 1.165) is 0 Å². The van der Waals surface area contributed by atoms with Crippen LogP contribution < -0.4 is 15.8 Å². The van der Waals surface area contributed by atoms with Gasteiger partial charge in [-0.3, -0.25) is 14.9 Å². The number of urea groups is 1. The summed E-state index contributed by atoms with van der Waals surface area (Å²) < 4.78 is 6.08. The van der Waals surface area contributed by atoms with Crippen LogP contribution in [0.4, 0.5) is 4.79 Å². The minimum atomic E-state index is -0.958. The molecule has 0 saturated carbocycles. The van der Waals surface area contributed by atoms with Crippen LogP contribution in [0.1, 0.15) is 24.2 Å². The van der Waals surface area contributed by atoms with Crippen LogP contribution in [0.5, 0.6) is 5.75 Å². The summed E-state index contributed by atoms with van der Waals surface area (Å²) in [6, 6.07) is 3.89. The second-order valence-electron chi connectivity index (χ2n) is 3.81. The van der Waals surface area contributed by atoms with Crippen molar-refractivity contribution in [3.8, 4) is 5.75 Å². The third kappa shape index (κ3) is 4.36. The first-order chi connectivity index (χ1) is 8.81. The van der Waals surface area contributed by atoms with E-state index < -0.39 is 18.0 Å². The van der Waals surface area contributed by atoms with Crippen LogP contribution in [-0.2, 0) is 4.79 Å². The van der Waals surface area contributed by atoms with E-state index in [-0.39, 0.29) is 11.5 Å². The van der Waals surface area contributed by atoms with Gasteiger partial charge in [-0.15, -0.1) is 0 Å². The Morgan fingerprint density at radius 3 is 2.53 bits per heavy atom. The van der Waals surface area contributed by atoms with E-state index in [1.807, 2.05) is 5.32 Å². The number of imide groups is 1. The molecule has 0 aliphatic rings. The minimum absolute atomic E-state index is 0.190. The smallest absolute Gasteiger partial charge is 0.318 e. The zero-order valence-corrected chi connectivity index (χ0v) is 12.0. The standard InChI is InChI=1S/C12H13BrN2O4/c1-6(16)9-4-3-8(13)5-10(9)19-7(2)11(17)15-12(14)18/h3-5,7H,1-2H3,(H3,14,15,17,18). The Labute approximate surface area is 118 Å². The third-order valence-corrected chi connectivity index (χ3v) is 2.74. The van der Waals surface area contributed by atoms with E-state index in [1.54, 1.807) is 18.2 Å². The first kappa shape index (κ1) is 15.2. The summed E-state index contributed by atoms with van der Waals surface area (Å²) in [5.74, 6) is -0.610. The van der Waals surface area contributed by atoms with Gasteiger partial charge in [0, 0.05) is 4.47 Å². The Morgan fingerprint density at radius 1 is 1.37 bits per heavy atom. The lowest BCUT2D eigenvalue weighted by Gasteiger charge is -2.15. The average molecular weight is 329 g/mol. The van der Waals surface area contributed by atoms with E-state index in [9.17, 15) is 14.4 Å². The van der Waals surface area contributed by atoms with Crippen molar-refractivity contribution in [1.82, 2.24) is 5.32 Å². The molecule has 7 heteroatoms. The first-order valence-corrected chi connectivity index (χ1v) is 6.18. The molecule has 0 spiro atoms. The molecule has 1 aromatic rings. The van der Waals surface area contributed by atoms with E-state index in [4.69, 9.17) is 10.5 Å². The van der Waals surface area contributed by atoms with E-state index in [2.05, 4.69) is 15.9 Å². The summed E-state index contributed by atoms with van der Waals surface area (Å²) in [5.41, 5.74) is 5.19. The number of Topliss-reactive ketones (excluding diaryl/α,β-unsaturated/α-hetero) is 1. The molecule has 6 nitrogen and oxygen atoms in total. The number of primary amides is 1. The highest BCUT2D eigenvalue weighted by Gasteiger charge is 2.19. The lowest BCUT2D eigenvalue weighted by atomic mass is 10.1. The van der Waals surface area contributed by atoms with Gasteiger partial charge in [0.15, 0.2) is 11.9 Å². The van der Waals surface area contributed by atoms with Crippen molar-refractivity contribution in [2.75, 3.05) is 0 Å². The van der Waals surface area contributed by atoms with Gasteiger partial charge in [-0.1, -0.05) is 15.9 Å². The van der Waals surface area contributed by atoms with Crippen molar-refractivity contribution in [1.29, 1.82) is 0 Å². The molecular formula is C12H13BrN2O4. The fraction of sp³-hybridized carbons (Fsp3) is 0.250. The Kier molecular flexibility index (Phi) is 5.05. The lowest BCUT2D eigenvalue weighted by Crippen LogP contribution is -2.42. The molecule has 3 N–H and O–H groups in total. The molecule has 0 heterocycles. The quantitative estimate of drug-likeness (QED) is 0.820. The molecule has 0 aliphatic carbocycles. The summed E-state index contributed by atoms with van der Waals surface area (Å²) in [5, 5.41) is 1.90. The summed E-state index contributed by atoms with van der Waals surface area (Å²) in [4.78, 5) is 33.5. The number of nitrogens with two attached hydrogens (primary N) is 1. The molecule has 1 atom stereocenters. The Bertz CT molecular complexity index is 530. The van der Waals surface area contributed by atoms with Gasteiger partial charge in [-0.2, -0.15) is 0 Å². The highest BCUT2D eigenvalue weighted by molar-refractivity contribution is 9.10. The molecule has 102 valence electrons. The number of carbonyl (C=O) groups excluding carboxylic acids is 3. The van der Waals surface area contributed by atoms with Crippen molar-refractivity contribution in [3.05, 3.63) is 28.2 Å². The number of benzene rings is 1. The van der Waals surface area contributed by atoms with Gasteiger partial charge in [-0.05, 0) is 32.0 Å². The van der Waals surface area contributed by atoms with Gasteiger partial charge >= 0.3 is 6.03 Å². The molecule has 0 radical (unpaired) electrons. The Balaban J connectivity index is 2.92. The summed E-state index contributed by atoms with van der Waals surface area (Å²) >= 11 is 3.25. The molecule has 1 unspecified atom stereocenters. The zero-order valence-electron chi connectivity index (χ0n) is 10.4. The Morgan fingerprint density at radius 2 is 2.00 bits per heavy atom. The van der Waals surface area contributed by atoms with Crippen LogP contribution >= 0.6 is 15.9 Å². The predicted molar refractivity (Wildman–Crippen MR) is 72.0 cm³/mol. The number of nitrogens with one attached hydrogen (secondary N) is 1. The maximum Gasteiger partial charge on any atom is 0.318 e. The van der Waals surface area contributed by atoms with Gasteiger partial charge in [0.2, 0.25) is 0 Å². The Hall–Kier alpha value is -1.89. The second-order valence-corrected chi connectivity index (χ2v) is 4.73. The SMILES string of the molecule is CC(=O)c1ccc(Br)cc1OC(C)C(=O)NC(N)=O. The number of hydrogen-bond acceptors (Lipinski definition) is 4. The lowest BCUT2D eigenvalue weighted by molar-refractivity contribution is -0.126. The van der Waals surface area contributed by atoms with Gasteiger partial charge in [0.25, 0.3) is 5.91 Å². The number of ketones is 1. The van der Waals surface area contributed by atoms with Crippen LogP contribution in [0.25, 0.3) is 0 Å². The van der Waals surface area contributed by atoms with Gasteiger partial charge in [0.05, 0.1) is 5.56 Å². The summed E-state index contributed by atoms with van der Waals surface area (Å²) in [6.07, 6.45) is -0.958. The normalized spacial score (nSPS) is 11.5. The molecule has 1 aromatic carbocycles. The number of halogens is 1. The molecule has 0 bridgehead atoms. The fourth-order valence-electron chi connectivity index (χ4n) is 1.35. The average Bonchev–Trinajstić information content (AvgIpc) is 2.27. The van der Waals surface area contributed by atoms with E-state index >= 15 is 0 Å². The predicted octanol–water partition coefficient (Wildman–Crippen LogP) is 1.61. The number of amides is 3. The van der Waals surface area contributed by atoms with Crippen LogP contribution in [-0.4, -0.2) is 23.8 Å². The number of hydrogen-bond donors (Lipinski definition) is 2. The maximum absolute atomic E-state index is 11.5. The zero-order chi connectivity index (χ0) is 14.6. The molecule has 0 fully saturated rings. The van der Waals surface area contributed by atoms with E-state index in [1.165, 1.54) is 13.8 Å². The molecule has 1 rings (SSSR count). The van der Waals surface area contributed by atoms with Gasteiger partial charge in [-0.25, -0.2) is 4.79 Å². The minimum Gasteiger partial charge on any atom is -0.480 e. The van der Waals surface area contributed by atoms with Gasteiger partial charge in [0.1, 0.15) is 5.75 Å². The molecule has 19 heavy (non-hydrogen) atoms. The second kappa shape index (κ2) is 6.33. The monoisotopic (exact) mass is 328 g/mol. The molecule has 0 aromatic heterocycles. The topological polar surface area (TPSA) is 98.5 Å². The highest BCUT2D eigenvalue weighted by Crippen LogP contribution is 2.25. The molecular weight excluding hydrogens is 316 g/mol. The first-order valence-electron chi connectivity index (χ1n) is 5.38. The number of rotatable bonds is 4. The van der Waals surface area contributed by atoms with Crippen molar-refractivity contribution in [3.63, 3.8) is 0 Å². The van der Waals surface area contributed by atoms with Gasteiger partial charge < -0.3 is 10.5 Å². The molecule has 0 aliphatic heterocycles. The summed E-state index contributed by atoms with van der Waals surface area (Å²) in [7, 11) is 0. The number of carbonyl (C=O) groups is 3. The largest absolute Gasteiger partial charge is 0.480 e. The third-order valence-electron chi connectivity index (χ3n) is 2.24. The van der Waals surface area contributed by atoms with Crippen molar-refractivity contribution < 1.29 is 19.1 Å². The van der Waals surface area contributed by atoms with Crippen molar-refractivity contribution in [2.45, 2.75) is 20.0 Å².